The van der Waals surface area contributed by atoms with Gasteiger partial charge in [0.15, 0.2) is 0 Å². The van der Waals surface area contributed by atoms with Crippen molar-refractivity contribution in [3.05, 3.63) is 382 Å². The molecule has 0 saturated heterocycles. The lowest BCUT2D eigenvalue weighted by molar-refractivity contribution is 0.590. The van der Waals surface area contributed by atoms with E-state index in [1.165, 1.54) is 66.8 Å². The third-order valence-electron chi connectivity index (χ3n) is 24.7. The maximum absolute atomic E-state index is 6.59. The summed E-state index contributed by atoms with van der Waals surface area (Å²) in [6, 6.07) is 121. The van der Waals surface area contributed by atoms with Gasteiger partial charge in [0, 0.05) is 61.2 Å². The fourth-order valence-corrected chi connectivity index (χ4v) is 18.6. The summed E-state index contributed by atoms with van der Waals surface area (Å²) in [5, 5.41) is 4.40. The maximum atomic E-state index is 6.59. The van der Waals surface area contributed by atoms with Crippen LogP contribution in [0.1, 0.15) is 162 Å². The zero-order valence-corrected chi connectivity index (χ0v) is 66.6. The van der Waals surface area contributed by atoms with Gasteiger partial charge in [-0.1, -0.05) is 338 Å². The van der Waals surface area contributed by atoms with Crippen molar-refractivity contribution in [1.82, 2.24) is 0 Å². The second-order valence-corrected chi connectivity index (χ2v) is 36.0. The van der Waals surface area contributed by atoms with Crippen LogP contribution >= 0.6 is 0 Å². The lowest BCUT2D eigenvalue weighted by Gasteiger charge is -2.47. The van der Waals surface area contributed by atoms with Gasteiger partial charge in [-0.25, -0.2) is 0 Å². The van der Waals surface area contributed by atoms with Crippen molar-refractivity contribution in [3.63, 3.8) is 0 Å². The molecule has 2 aliphatic heterocycles. The zero-order valence-electron chi connectivity index (χ0n) is 66.6. The number of hydrogen-bond acceptors (Lipinski definition) is 4. The molecular weight excluding hydrogens is 1370 g/mol. The SMILES string of the molecule is CC(C)(C)c1ccc(-c2cccc(-c3ccc(C(C)(C)C)cc3)c2N2c3cc(-c4ccc5oc6ccccc6c5c4)ccc3C3c4ccc(-c5ccc6oc7ccccc7c6c5)cc4N(c4c(-c5ccc(C(C)(C)C)cc5)cccc4-c4ccc(C(C)(C)C)cc4)c4cc(C5c6ccccc6Cc6ccccc65)cc2c43)cc1. The van der Waals surface area contributed by atoms with Crippen LogP contribution in [0.3, 0.4) is 0 Å². The van der Waals surface area contributed by atoms with E-state index in [-0.39, 0.29) is 33.5 Å². The van der Waals surface area contributed by atoms with Gasteiger partial charge >= 0.3 is 0 Å². The van der Waals surface area contributed by atoms with Crippen molar-refractivity contribution in [3.8, 4) is 66.8 Å². The molecule has 0 atom stereocenters. The molecule has 0 unspecified atom stereocenters. The summed E-state index contributed by atoms with van der Waals surface area (Å²) in [5.41, 5.74) is 39.0. The molecule has 0 saturated carbocycles. The van der Waals surface area contributed by atoms with Crippen molar-refractivity contribution in [2.45, 2.75) is 123 Å². The van der Waals surface area contributed by atoms with E-state index in [0.29, 0.717) is 0 Å². The van der Waals surface area contributed by atoms with Crippen molar-refractivity contribution in [2.75, 3.05) is 9.80 Å². The molecule has 0 radical (unpaired) electrons. The number of furan rings is 2. The van der Waals surface area contributed by atoms with Gasteiger partial charge in [-0.05, 0) is 194 Å². The Labute approximate surface area is 664 Å². The van der Waals surface area contributed by atoms with Gasteiger partial charge in [-0.2, -0.15) is 0 Å². The number of anilines is 6. The van der Waals surface area contributed by atoms with Crippen molar-refractivity contribution in [1.29, 1.82) is 0 Å². The molecule has 20 rings (SSSR count). The Morgan fingerprint density at radius 1 is 0.248 bits per heavy atom. The smallest absolute Gasteiger partial charge is 0.135 e. The third kappa shape index (κ3) is 11.8. The molecule has 2 aromatic heterocycles. The lowest BCUT2D eigenvalue weighted by atomic mass is 9.71. The molecule has 550 valence electrons. The Balaban J connectivity index is 0.957. The highest BCUT2D eigenvalue weighted by Crippen LogP contribution is 2.65. The van der Waals surface area contributed by atoms with Crippen LogP contribution in [0, 0.1) is 0 Å². The fraction of sp³-hybridized carbons (Fsp3) is 0.174. The van der Waals surface area contributed by atoms with Crippen LogP contribution < -0.4 is 9.80 Å². The quantitative estimate of drug-likeness (QED) is 0.144. The molecule has 1 aliphatic carbocycles. The summed E-state index contributed by atoms with van der Waals surface area (Å²) in [4.78, 5) is 5.49. The van der Waals surface area contributed by atoms with E-state index in [1.54, 1.807) is 0 Å². The molecule has 4 heterocycles. The third-order valence-corrected chi connectivity index (χ3v) is 24.7. The molecule has 3 aliphatic rings. The Bertz CT molecular complexity index is 6120. The van der Waals surface area contributed by atoms with E-state index < -0.39 is 0 Å². The maximum Gasteiger partial charge on any atom is 0.135 e. The molecule has 15 aromatic carbocycles. The Morgan fingerprint density at radius 2 is 0.558 bits per heavy atom. The summed E-state index contributed by atoms with van der Waals surface area (Å²) in [7, 11) is 0. The highest BCUT2D eigenvalue weighted by Gasteiger charge is 2.45. The van der Waals surface area contributed by atoms with Crippen molar-refractivity contribution in [2.24, 2.45) is 0 Å². The molecule has 17 aromatic rings. The van der Waals surface area contributed by atoms with Gasteiger partial charge in [0.25, 0.3) is 0 Å². The van der Waals surface area contributed by atoms with Crippen molar-refractivity contribution < 1.29 is 8.83 Å². The van der Waals surface area contributed by atoms with Gasteiger partial charge in [0.1, 0.15) is 22.3 Å². The van der Waals surface area contributed by atoms with Crippen LogP contribution in [-0.2, 0) is 28.1 Å². The molecule has 113 heavy (non-hydrogen) atoms. The monoisotopic (exact) mass is 1460 g/mol. The van der Waals surface area contributed by atoms with E-state index in [9.17, 15) is 0 Å². The molecule has 0 amide bonds. The Kier molecular flexibility index (Phi) is 16.1. The molecular formula is C109H92N2O2. The van der Waals surface area contributed by atoms with Crippen LogP contribution in [0.2, 0.25) is 0 Å². The first-order valence-corrected chi connectivity index (χ1v) is 40.3. The predicted octanol–water partition coefficient (Wildman–Crippen LogP) is 30.5. The van der Waals surface area contributed by atoms with E-state index >= 15 is 0 Å². The molecule has 4 nitrogen and oxygen atoms in total. The first-order chi connectivity index (χ1) is 54.5. The summed E-state index contributed by atoms with van der Waals surface area (Å²) >= 11 is 0. The first kappa shape index (κ1) is 69.7. The topological polar surface area (TPSA) is 32.8 Å². The number of para-hydroxylation sites is 4. The van der Waals surface area contributed by atoms with Gasteiger partial charge in [-0.3, -0.25) is 0 Å². The number of nitrogens with zero attached hydrogens (tertiary/aromatic N) is 2. The Hall–Kier alpha value is -12.5. The molecule has 0 fully saturated rings. The summed E-state index contributed by atoms with van der Waals surface area (Å²) < 4.78 is 13.2. The van der Waals surface area contributed by atoms with E-state index in [1.807, 2.05) is 0 Å². The number of fused-ring (bicyclic) bond motifs is 12. The lowest BCUT2D eigenvalue weighted by Crippen LogP contribution is -2.31. The van der Waals surface area contributed by atoms with Gasteiger partial charge in [0.05, 0.1) is 34.1 Å². The number of benzene rings is 15. The fourth-order valence-electron chi connectivity index (χ4n) is 18.6. The highest BCUT2D eigenvalue weighted by molar-refractivity contribution is 6.10. The van der Waals surface area contributed by atoms with Crippen molar-refractivity contribution >= 4 is 78.0 Å². The standard InChI is InChI=1S/C109H92N2O2/c1-106(2,3)77-47-35-66(36-48-77)83-29-21-30-84(67-37-49-78(50-38-67)107(4,5)6)104(83)110-93-62-72(70-45-57-99-91(60-70)87-27-17-19-33-97(87)112-99)43-55-89(93)102-90-56-44-73(71-46-58-100-92(61-71)88-28-18-20-34-98(88)113-100)63-94(90)111(96-65-76(64-95(110)103(96)102)101-81-25-15-13-23-74(81)59-75-24-14-16-26-82(75)101)105-85(68-39-51-79(52-40-68)108(7,8)9)31-22-32-86(105)69-41-53-80(54-42-69)109(10,11)12/h13-58,60-65,101-102H,59H2,1-12H3. The largest absolute Gasteiger partial charge is 0.456 e. The second kappa shape index (κ2) is 26.1. The van der Waals surface area contributed by atoms with Crippen LogP contribution in [0.5, 0.6) is 0 Å². The van der Waals surface area contributed by atoms with Crippen LogP contribution in [-0.4, -0.2) is 0 Å². The van der Waals surface area contributed by atoms with Gasteiger partial charge in [-0.15, -0.1) is 0 Å². The zero-order chi connectivity index (χ0) is 77.1. The van der Waals surface area contributed by atoms with Crippen LogP contribution in [0.4, 0.5) is 34.1 Å². The molecule has 0 N–H and O–H groups in total. The minimum absolute atomic E-state index is 0.0632. The van der Waals surface area contributed by atoms with E-state index in [0.717, 1.165) is 151 Å². The highest BCUT2D eigenvalue weighted by atomic mass is 16.3. The minimum Gasteiger partial charge on any atom is -0.456 e. The average molecular weight is 1460 g/mol. The average Bonchev–Trinajstić information content (AvgIpc) is 1.27. The van der Waals surface area contributed by atoms with Gasteiger partial charge in [0.2, 0.25) is 0 Å². The van der Waals surface area contributed by atoms with E-state index in [2.05, 4.69) is 408 Å². The van der Waals surface area contributed by atoms with Crippen LogP contribution in [0.25, 0.3) is 111 Å². The predicted molar refractivity (Wildman–Crippen MR) is 475 cm³/mol. The molecule has 0 spiro atoms. The summed E-state index contributed by atoms with van der Waals surface area (Å²) in [5.74, 6) is -0.427. The molecule has 0 bridgehead atoms. The second-order valence-electron chi connectivity index (χ2n) is 36.0. The normalized spacial score (nSPS) is 13.7. The first-order valence-electron chi connectivity index (χ1n) is 40.3. The molecule has 4 heteroatoms. The summed E-state index contributed by atoms with van der Waals surface area (Å²) in [6.07, 6.45) is 0.853. The Morgan fingerprint density at radius 3 is 0.920 bits per heavy atom. The number of rotatable bonds is 9. The van der Waals surface area contributed by atoms with E-state index in [4.69, 9.17) is 8.83 Å². The van der Waals surface area contributed by atoms with Gasteiger partial charge < -0.3 is 18.6 Å². The number of hydrogen-bond donors (Lipinski definition) is 0. The minimum atomic E-state index is -0.276. The van der Waals surface area contributed by atoms with Crippen LogP contribution in [0.15, 0.2) is 324 Å². The summed E-state index contributed by atoms with van der Waals surface area (Å²) in [6.45, 7) is 27.8.